The number of aromatic nitrogens is 2. The smallest absolute Gasteiger partial charge is 0.108 e. The minimum Gasteiger partial charge on any atom is -0.388 e. The molecule has 4 nitrogen and oxygen atoms in total. The second kappa shape index (κ2) is 4.77. The van der Waals surface area contributed by atoms with Gasteiger partial charge in [-0.25, -0.2) is 4.98 Å². The van der Waals surface area contributed by atoms with Crippen LogP contribution in [0.3, 0.4) is 0 Å². The molecule has 1 aromatic rings. The third-order valence-electron chi connectivity index (χ3n) is 3.13. The summed E-state index contributed by atoms with van der Waals surface area (Å²) in [6.45, 7) is 4.28. The molecule has 1 rings (SSSR count). The van der Waals surface area contributed by atoms with Gasteiger partial charge in [-0.1, -0.05) is 13.8 Å². The quantitative estimate of drug-likeness (QED) is 0.753. The van der Waals surface area contributed by atoms with Crippen molar-refractivity contribution < 1.29 is 5.11 Å². The predicted molar refractivity (Wildman–Crippen MR) is 60.4 cm³/mol. The zero-order valence-electron chi connectivity index (χ0n) is 9.77. The van der Waals surface area contributed by atoms with E-state index in [0.29, 0.717) is 13.0 Å². The molecular weight excluding hydrogens is 190 g/mol. The molecule has 1 heterocycles. The SMILES string of the molecule is CC(C)C(O)(CN)CCc1nccn1C. The van der Waals surface area contributed by atoms with E-state index in [1.807, 2.05) is 31.7 Å². The van der Waals surface area contributed by atoms with Crippen LogP contribution >= 0.6 is 0 Å². The third kappa shape index (κ3) is 2.79. The van der Waals surface area contributed by atoms with Crippen molar-refractivity contribution in [3.63, 3.8) is 0 Å². The van der Waals surface area contributed by atoms with Crippen molar-refractivity contribution in [2.75, 3.05) is 6.54 Å². The number of hydrogen-bond acceptors (Lipinski definition) is 3. The van der Waals surface area contributed by atoms with Crippen molar-refractivity contribution in [3.05, 3.63) is 18.2 Å². The van der Waals surface area contributed by atoms with Crippen LogP contribution in [0.2, 0.25) is 0 Å². The van der Waals surface area contributed by atoms with E-state index in [1.165, 1.54) is 0 Å². The number of hydrogen-bond donors (Lipinski definition) is 2. The van der Waals surface area contributed by atoms with Crippen LogP contribution < -0.4 is 5.73 Å². The monoisotopic (exact) mass is 211 g/mol. The van der Waals surface area contributed by atoms with Gasteiger partial charge in [0.15, 0.2) is 0 Å². The highest BCUT2D eigenvalue weighted by Crippen LogP contribution is 2.21. The highest BCUT2D eigenvalue weighted by atomic mass is 16.3. The van der Waals surface area contributed by atoms with Gasteiger partial charge in [-0.05, 0) is 12.3 Å². The van der Waals surface area contributed by atoms with Gasteiger partial charge in [-0.3, -0.25) is 0 Å². The van der Waals surface area contributed by atoms with E-state index in [9.17, 15) is 5.11 Å². The molecule has 0 amide bonds. The van der Waals surface area contributed by atoms with Gasteiger partial charge in [0.2, 0.25) is 0 Å². The fourth-order valence-electron chi connectivity index (χ4n) is 1.59. The van der Waals surface area contributed by atoms with Crippen LogP contribution in [0.15, 0.2) is 12.4 Å². The average Bonchev–Trinajstić information content (AvgIpc) is 2.60. The van der Waals surface area contributed by atoms with Gasteiger partial charge in [-0.2, -0.15) is 0 Å². The topological polar surface area (TPSA) is 64.1 Å². The molecule has 1 atom stereocenters. The summed E-state index contributed by atoms with van der Waals surface area (Å²) in [6, 6.07) is 0. The van der Waals surface area contributed by atoms with Crippen LogP contribution in [-0.2, 0) is 13.5 Å². The Bertz CT molecular complexity index is 309. The lowest BCUT2D eigenvalue weighted by molar-refractivity contribution is -0.00451. The van der Waals surface area contributed by atoms with Gasteiger partial charge in [-0.15, -0.1) is 0 Å². The maximum absolute atomic E-state index is 10.2. The summed E-state index contributed by atoms with van der Waals surface area (Å²) >= 11 is 0. The average molecular weight is 211 g/mol. The second-order valence-corrected chi connectivity index (χ2v) is 4.42. The molecule has 15 heavy (non-hydrogen) atoms. The van der Waals surface area contributed by atoms with E-state index < -0.39 is 5.60 Å². The molecule has 0 saturated heterocycles. The molecule has 0 bridgehead atoms. The van der Waals surface area contributed by atoms with Crippen molar-refractivity contribution in [1.82, 2.24) is 9.55 Å². The van der Waals surface area contributed by atoms with E-state index in [0.717, 1.165) is 12.2 Å². The van der Waals surface area contributed by atoms with Crippen LogP contribution in [0.4, 0.5) is 0 Å². The van der Waals surface area contributed by atoms with Gasteiger partial charge in [0.25, 0.3) is 0 Å². The molecule has 0 fully saturated rings. The number of nitrogens with two attached hydrogens (primary N) is 1. The highest BCUT2D eigenvalue weighted by Gasteiger charge is 2.29. The van der Waals surface area contributed by atoms with Crippen LogP contribution in [-0.4, -0.2) is 26.8 Å². The van der Waals surface area contributed by atoms with E-state index >= 15 is 0 Å². The molecule has 0 aromatic carbocycles. The summed E-state index contributed by atoms with van der Waals surface area (Å²) in [5, 5.41) is 10.2. The first-order valence-corrected chi connectivity index (χ1v) is 5.38. The van der Waals surface area contributed by atoms with Crippen LogP contribution in [0, 0.1) is 5.92 Å². The molecule has 86 valence electrons. The van der Waals surface area contributed by atoms with Crippen LogP contribution in [0.5, 0.6) is 0 Å². The Hall–Kier alpha value is -0.870. The third-order valence-corrected chi connectivity index (χ3v) is 3.13. The molecule has 0 saturated carbocycles. The zero-order chi connectivity index (χ0) is 11.5. The van der Waals surface area contributed by atoms with Gasteiger partial charge >= 0.3 is 0 Å². The highest BCUT2D eigenvalue weighted by molar-refractivity contribution is 4.94. The van der Waals surface area contributed by atoms with E-state index in [4.69, 9.17) is 5.73 Å². The largest absolute Gasteiger partial charge is 0.388 e. The van der Waals surface area contributed by atoms with Crippen LogP contribution in [0.25, 0.3) is 0 Å². The Kier molecular flexibility index (Phi) is 3.88. The Labute approximate surface area is 91.1 Å². The first-order valence-electron chi connectivity index (χ1n) is 5.38. The molecule has 4 heteroatoms. The molecule has 1 unspecified atom stereocenters. The van der Waals surface area contributed by atoms with Crippen molar-refractivity contribution in [2.45, 2.75) is 32.3 Å². The lowest BCUT2D eigenvalue weighted by Gasteiger charge is -2.30. The lowest BCUT2D eigenvalue weighted by atomic mass is 9.86. The van der Waals surface area contributed by atoms with Crippen molar-refractivity contribution in [3.8, 4) is 0 Å². The number of nitrogens with zero attached hydrogens (tertiary/aromatic N) is 2. The minimum atomic E-state index is -0.772. The van der Waals surface area contributed by atoms with E-state index in [-0.39, 0.29) is 5.92 Å². The summed E-state index contributed by atoms with van der Waals surface area (Å²) in [5.41, 5.74) is 4.84. The number of imidazole rings is 1. The number of rotatable bonds is 5. The molecule has 0 radical (unpaired) electrons. The van der Waals surface area contributed by atoms with Crippen molar-refractivity contribution in [2.24, 2.45) is 18.7 Å². The first-order chi connectivity index (χ1) is 6.99. The van der Waals surface area contributed by atoms with Gasteiger partial charge < -0.3 is 15.4 Å². The van der Waals surface area contributed by atoms with Gasteiger partial charge in [0.05, 0.1) is 5.60 Å². The molecule has 0 aliphatic rings. The summed E-state index contributed by atoms with van der Waals surface area (Å²) in [6.07, 6.45) is 5.10. The summed E-state index contributed by atoms with van der Waals surface area (Å²) in [5.74, 6) is 1.16. The molecular formula is C11H21N3O. The Morgan fingerprint density at radius 3 is 2.67 bits per heavy atom. The van der Waals surface area contributed by atoms with Crippen molar-refractivity contribution in [1.29, 1.82) is 0 Å². The second-order valence-electron chi connectivity index (χ2n) is 4.42. The number of aliphatic hydroxyl groups is 1. The maximum Gasteiger partial charge on any atom is 0.108 e. The molecule has 0 aliphatic heterocycles. The fourth-order valence-corrected chi connectivity index (χ4v) is 1.59. The molecule has 3 N–H and O–H groups in total. The Balaban J connectivity index is 2.59. The Morgan fingerprint density at radius 2 is 2.27 bits per heavy atom. The predicted octanol–water partition coefficient (Wildman–Crippen LogP) is 0.698. The fraction of sp³-hybridized carbons (Fsp3) is 0.727. The van der Waals surface area contributed by atoms with E-state index in [1.54, 1.807) is 6.20 Å². The lowest BCUT2D eigenvalue weighted by Crippen LogP contribution is -2.43. The van der Waals surface area contributed by atoms with E-state index in [2.05, 4.69) is 4.98 Å². The number of aryl methyl sites for hydroxylation is 2. The van der Waals surface area contributed by atoms with Gasteiger partial charge in [0, 0.05) is 32.4 Å². The molecule has 0 aliphatic carbocycles. The summed E-state index contributed by atoms with van der Waals surface area (Å²) < 4.78 is 1.97. The molecule has 0 spiro atoms. The first kappa shape index (κ1) is 12.2. The van der Waals surface area contributed by atoms with Crippen molar-refractivity contribution >= 4 is 0 Å². The maximum atomic E-state index is 10.2. The Morgan fingerprint density at radius 1 is 1.60 bits per heavy atom. The van der Waals surface area contributed by atoms with Crippen LogP contribution in [0.1, 0.15) is 26.1 Å². The molecule has 1 aromatic heterocycles. The summed E-state index contributed by atoms with van der Waals surface area (Å²) in [7, 11) is 1.96. The standard InChI is InChI=1S/C11H21N3O/c1-9(2)11(15,8-12)5-4-10-13-6-7-14(10)3/h6-7,9,15H,4-5,8,12H2,1-3H3. The summed E-state index contributed by atoms with van der Waals surface area (Å²) in [4.78, 5) is 4.22. The van der Waals surface area contributed by atoms with Gasteiger partial charge in [0.1, 0.15) is 5.82 Å². The zero-order valence-corrected chi connectivity index (χ0v) is 9.77. The minimum absolute atomic E-state index is 0.169. The normalized spacial score (nSPS) is 15.6.